The van der Waals surface area contributed by atoms with Crippen molar-refractivity contribution in [3.8, 4) is 0 Å². The molecule has 0 rings (SSSR count). The van der Waals surface area contributed by atoms with Crippen LogP contribution in [-0.2, 0) is 0 Å². The van der Waals surface area contributed by atoms with Gasteiger partial charge in [-0.1, -0.05) is 13.8 Å². The Bertz CT molecular complexity index is 247. The molecule has 6 heteroatoms. The van der Waals surface area contributed by atoms with Gasteiger partial charge in [0.1, 0.15) is 0 Å². The Morgan fingerprint density at radius 3 is 2.35 bits per heavy atom. The van der Waals surface area contributed by atoms with E-state index in [1.54, 1.807) is 0 Å². The van der Waals surface area contributed by atoms with Gasteiger partial charge in [0, 0.05) is 24.9 Å². The van der Waals surface area contributed by atoms with Gasteiger partial charge < -0.3 is 15.5 Å². The molecule has 0 aliphatic carbocycles. The third-order valence-corrected chi connectivity index (χ3v) is 3.49. The molecule has 0 saturated carbocycles. The van der Waals surface area contributed by atoms with Gasteiger partial charge in [-0.25, -0.2) is 0 Å². The lowest BCUT2D eigenvalue weighted by molar-refractivity contribution is 0.261. The van der Waals surface area contributed by atoms with Crippen LogP contribution < -0.4 is 10.6 Å². The van der Waals surface area contributed by atoms with Gasteiger partial charge in [-0.3, -0.25) is 4.99 Å². The van der Waals surface area contributed by atoms with E-state index in [4.69, 9.17) is 4.99 Å². The Hall–Kier alpha value is 0.310. The van der Waals surface area contributed by atoms with Crippen LogP contribution in [0.2, 0.25) is 0 Å². The molecule has 0 heterocycles. The predicted octanol–water partition coefficient (Wildman–Crippen LogP) is 2.50. The summed E-state index contributed by atoms with van der Waals surface area (Å²) in [4.78, 5) is 6.98. The minimum Gasteiger partial charge on any atom is -0.357 e. The predicted molar refractivity (Wildman–Crippen MR) is 105 cm³/mol. The highest BCUT2D eigenvalue weighted by atomic mass is 127. The second-order valence-corrected chi connectivity index (χ2v) is 6.37. The number of halogens is 1. The van der Waals surface area contributed by atoms with Crippen LogP contribution in [0.15, 0.2) is 4.99 Å². The Labute approximate surface area is 147 Å². The lowest BCUT2D eigenvalue weighted by Crippen LogP contribution is -2.40. The molecule has 0 spiro atoms. The molecular formula is C14H33IN4S. The van der Waals surface area contributed by atoms with Gasteiger partial charge in [0.25, 0.3) is 0 Å². The first kappa shape index (κ1) is 22.6. The van der Waals surface area contributed by atoms with Crippen LogP contribution >= 0.6 is 35.7 Å². The molecule has 0 aromatic heterocycles. The number of rotatable bonds is 9. The molecule has 0 aliphatic rings. The smallest absolute Gasteiger partial charge is 0.191 e. The summed E-state index contributed by atoms with van der Waals surface area (Å²) in [5, 5.41) is 6.67. The summed E-state index contributed by atoms with van der Waals surface area (Å²) in [7, 11) is 4.27. The summed E-state index contributed by atoms with van der Waals surface area (Å²) in [6.45, 7) is 9.35. The van der Waals surface area contributed by atoms with Crippen LogP contribution in [-0.4, -0.2) is 62.6 Å². The molecule has 2 N–H and O–H groups in total. The highest BCUT2D eigenvalue weighted by Crippen LogP contribution is 2.09. The number of hydrogen-bond acceptors (Lipinski definition) is 3. The molecule has 4 nitrogen and oxygen atoms in total. The van der Waals surface area contributed by atoms with Crippen molar-refractivity contribution < 1.29 is 0 Å². The van der Waals surface area contributed by atoms with Crippen molar-refractivity contribution in [2.75, 3.05) is 45.7 Å². The van der Waals surface area contributed by atoms with Crippen molar-refractivity contribution in [3.63, 3.8) is 0 Å². The molecule has 0 amide bonds. The van der Waals surface area contributed by atoms with Crippen molar-refractivity contribution in [1.29, 1.82) is 0 Å². The van der Waals surface area contributed by atoms with E-state index in [0.29, 0.717) is 12.0 Å². The van der Waals surface area contributed by atoms with Crippen LogP contribution in [0.1, 0.15) is 27.2 Å². The molecule has 1 unspecified atom stereocenters. The fourth-order valence-electron chi connectivity index (χ4n) is 1.80. The lowest BCUT2D eigenvalue weighted by Gasteiger charge is -2.24. The third-order valence-electron chi connectivity index (χ3n) is 2.88. The van der Waals surface area contributed by atoms with Gasteiger partial charge >= 0.3 is 0 Å². The maximum absolute atomic E-state index is 4.70. The molecule has 0 aromatic rings. The Balaban J connectivity index is 0. The topological polar surface area (TPSA) is 39.7 Å². The molecule has 0 bridgehead atoms. The van der Waals surface area contributed by atoms with Gasteiger partial charge in [0.15, 0.2) is 5.96 Å². The Kier molecular flexibility index (Phi) is 16.1. The molecule has 0 aliphatic heterocycles. The van der Waals surface area contributed by atoms with E-state index >= 15 is 0 Å². The van der Waals surface area contributed by atoms with Crippen molar-refractivity contribution in [2.24, 2.45) is 10.9 Å². The molecular weight excluding hydrogens is 383 g/mol. The number of nitrogens with zero attached hydrogens (tertiary/aromatic N) is 2. The monoisotopic (exact) mass is 416 g/mol. The molecule has 0 saturated heterocycles. The summed E-state index contributed by atoms with van der Waals surface area (Å²) in [5.41, 5.74) is 0. The minimum atomic E-state index is 0. The SMILES string of the molecule is CCNC(=NCC(CC(C)C)N(C)C)NCCSC.I. The molecule has 0 radical (unpaired) electrons. The highest BCUT2D eigenvalue weighted by Gasteiger charge is 2.13. The summed E-state index contributed by atoms with van der Waals surface area (Å²) in [6, 6.07) is 0.510. The Morgan fingerprint density at radius 2 is 1.90 bits per heavy atom. The van der Waals surface area contributed by atoms with Gasteiger partial charge in [-0.05, 0) is 39.6 Å². The van der Waals surface area contributed by atoms with Crippen LogP contribution in [0.25, 0.3) is 0 Å². The Morgan fingerprint density at radius 1 is 1.25 bits per heavy atom. The zero-order valence-electron chi connectivity index (χ0n) is 13.9. The van der Waals surface area contributed by atoms with Gasteiger partial charge in [-0.15, -0.1) is 24.0 Å². The van der Waals surface area contributed by atoms with Gasteiger partial charge in [-0.2, -0.15) is 11.8 Å². The summed E-state index contributed by atoms with van der Waals surface area (Å²) >= 11 is 1.85. The largest absolute Gasteiger partial charge is 0.357 e. The average Bonchev–Trinajstić information content (AvgIpc) is 2.33. The molecule has 0 fully saturated rings. The average molecular weight is 416 g/mol. The maximum Gasteiger partial charge on any atom is 0.191 e. The van der Waals surface area contributed by atoms with Crippen LogP contribution in [0.3, 0.4) is 0 Å². The van der Waals surface area contributed by atoms with Crippen molar-refractivity contribution in [1.82, 2.24) is 15.5 Å². The van der Waals surface area contributed by atoms with Crippen LogP contribution in [0, 0.1) is 5.92 Å². The standard InChI is InChI=1S/C14H32N4S.HI/c1-7-15-14(16-8-9-19-6)17-11-13(18(4)5)10-12(2)3;/h12-13H,7-11H2,1-6H3,(H2,15,16,17);1H. The molecule has 1 atom stereocenters. The summed E-state index contributed by atoms with van der Waals surface area (Å²) in [5.74, 6) is 2.75. The molecule has 122 valence electrons. The number of hydrogen-bond donors (Lipinski definition) is 2. The van der Waals surface area contributed by atoms with E-state index in [1.165, 1.54) is 6.42 Å². The van der Waals surface area contributed by atoms with E-state index in [1.807, 2.05) is 11.8 Å². The fourth-order valence-corrected chi connectivity index (χ4v) is 2.11. The zero-order valence-corrected chi connectivity index (χ0v) is 17.0. The first-order chi connectivity index (χ1) is 9.01. The second kappa shape index (κ2) is 14.3. The van der Waals surface area contributed by atoms with Crippen molar-refractivity contribution in [2.45, 2.75) is 33.2 Å². The third kappa shape index (κ3) is 12.1. The van der Waals surface area contributed by atoms with Crippen LogP contribution in [0.4, 0.5) is 0 Å². The van der Waals surface area contributed by atoms with E-state index in [0.717, 1.165) is 31.3 Å². The number of likely N-dealkylation sites (N-methyl/N-ethyl adjacent to an activating group) is 1. The van der Waals surface area contributed by atoms with E-state index in [-0.39, 0.29) is 24.0 Å². The number of aliphatic imine (C=N–C) groups is 1. The zero-order chi connectivity index (χ0) is 14.7. The van der Waals surface area contributed by atoms with Crippen molar-refractivity contribution in [3.05, 3.63) is 0 Å². The summed E-state index contributed by atoms with van der Waals surface area (Å²) < 4.78 is 0. The first-order valence-electron chi connectivity index (χ1n) is 7.18. The second-order valence-electron chi connectivity index (χ2n) is 5.39. The normalized spacial score (nSPS) is 13.3. The number of guanidine groups is 1. The minimum absolute atomic E-state index is 0. The lowest BCUT2D eigenvalue weighted by atomic mass is 10.0. The van der Waals surface area contributed by atoms with Gasteiger partial charge in [0.2, 0.25) is 0 Å². The van der Waals surface area contributed by atoms with Gasteiger partial charge in [0.05, 0.1) is 6.54 Å². The number of thioether (sulfide) groups is 1. The van der Waals surface area contributed by atoms with Crippen molar-refractivity contribution >= 4 is 41.7 Å². The van der Waals surface area contributed by atoms with E-state index in [9.17, 15) is 0 Å². The summed E-state index contributed by atoms with van der Waals surface area (Å²) in [6.07, 6.45) is 3.30. The fraction of sp³-hybridized carbons (Fsp3) is 0.929. The molecule has 0 aromatic carbocycles. The van der Waals surface area contributed by atoms with E-state index in [2.05, 4.69) is 56.7 Å². The highest BCUT2D eigenvalue weighted by molar-refractivity contribution is 14.0. The van der Waals surface area contributed by atoms with Crippen LogP contribution in [0.5, 0.6) is 0 Å². The maximum atomic E-state index is 4.70. The molecule has 20 heavy (non-hydrogen) atoms. The quantitative estimate of drug-likeness (QED) is 0.262. The first-order valence-corrected chi connectivity index (χ1v) is 8.58. The van der Waals surface area contributed by atoms with E-state index < -0.39 is 0 Å². The number of nitrogens with one attached hydrogen (secondary N) is 2.